The molecule has 82 valence electrons. The second kappa shape index (κ2) is 4.66. The minimum Gasteiger partial charge on any atom is -0.463 e. The van der Waals surface area contributed by atoms with Crippen LogP contribution >= 0.6 is 0 Å². The van der Waals surface area contributed by atoms with Crippen molar-refractivity contribution in [3.05, 3.63) is 42.1 Å². The summed E-state index contributed by atoms with van der Waals surface area (Å²) in [5, 5.41) is 1.10. The first-order valence-corrected chi connectivity index (χ1v) is 5.22. The first kappa shape index (κ1) is 10.5. The molecule has 0 aliphatic rings. The second-order valence-corrected chi connectivity index (χ2v) is 3.37. The van der Waals surface area contributed by atoms with E-state index in [1.165, 1.54) is 6.08 Å². The summed E-state index contributed by atoms with van der Waals surface area (Å²) >= 11 is 0. The predicted octanol–water partition coefficient (Wildman–Crippen LogP) is 2.74. The molecular weight excluding hydrogens is 202 g/mol. The molecule has 2 aromatic rings. The van der Waals surface area contributed by atoms with Crippen LogP contribution in [0.5, 0.6) is 0 Å². The number of carbonyl (C=O) groups is 1. The van der Waals surface area contributed by atoms with Crippen LogP contribution in [-0.2, 0) is 9.53 Å². The number of para-hydroxylation sites is 1. The number of hydrogen-bond donors (Lipinski definition) is 1. The van der Waals surface area contributed by atoms with Crippen LogP contribution in [0, 0.1) is 0 Å². The zero-order valence-corrected chi connectivity index (χ0v) is 9.07. The van der Waals surface area contributed by atoms with Gasteiger partial charge in [0.05, 0.1) is 6.61 Å². The van der Waals surface area contributed by atoms with Crippen molar-refractivity contribution in [1.29, 1.82) is 0 Å². The predicted molar refractivity (Wildman–Crippen MR) is 64.0 cm³/mol. The maximum Gasteiger partial charge on any atom is 0.330 e. The van der Waals surface area contributed by atoms with Gasteiger partial charge in [-0.2, -0.15) is 0 Å². The molecule has 0 amide bonds. The highest BCUT2D eigenvalue weighted by Crippen LogP contribution is 2.18. The third-order valence-corrected chi connectivity index (χ3v) is 2.31. The quantitative estimate of drug-likeness (QED) is 0.631. The molecule has 2 rings (SSSR count). The molecule has 0 atom stereocenters. The molecule has 1 aromatic carbocycles. The van der Waals surface area contributed by atoms with E-state index in [0.717, 1.165) is 16.5 Å². The van der Waals surface area contributed by atoms with Gasteiger partial charge in [0.15, 0.2) is 0 Å². The average Bonchev–Trinajstić information content (AvgIpc) is 2.70. The van der Waals surface area contributed by atoms with E-state index in [0.29, 0.717) is 6.61 Å². The molecule has 3 heteroatoms. The first-order chi connectivity index (χ1) is 7.81. The molecule has 1 aromatic heterocycles. The summed E-state index contributed by atoms with van der Waals surface area (Å²) < 4.78 is 4.82. The standard InChI is InChI=1S/C13H13NO2/c1-2-16-13(15)8-7-10-9-14-12-6-4-3-5-11(10)12/h3-9,14H,2H2,1H3. The second-order valence-electron chi connectivity index (χ2n) is 3.37. The Balaban J connectivity index is 2.24. The molecule has 0 radical (unpaired) electrons. The summed E-state index contributed by atoms with van der Waals surface area (Å²) in [5.74, 6) is -0.312. The van der Waals surface area contributed by atoms with Crippen LogP contribution in [0.15, 0.2) is 36.5 Å². The van der Waals surface area contributed by atoms with E-state index in [1.807, 2.05) is 30.5 Å². The number of nitrogens with one attached hydrogen (secondary N) is 1. The Morgan fingerprint density at radius 1 is 1.44 bits per heavy atom. The van der Waals surface area contributed by atoms with Crippen molar-refractivity contribution in [2.45, 2.75) is 6.92 Å². The summed E-state index contributed by atoms with van der Waals surface area (Å²) in [5.41, 5.74) is 2.05. The molecule has 0 bridgehead atoms. The zero-order valence-electron chi connectivity index (χ0n) is 9.07. The van der Waals surface area contributed by atoms with Crippen molar-refractivity contribution in [2.24, 2.45) is 0 Å². The highest BCUT2D eigenvalue weighted by Gasteiger charge is 2.00. The molecule has 0 aliphatic carbocycles. The fourth-order valence-electron chi connectivity index (χ4n) is 1.58. The van der Waals surface area contributed by atoms with Crippen LogP contribution in [0.1, 0.15) is 12.5 Å². The van der Waals surface area contributed by atoms with Crippen molar-refractivity contribution in [2.75, 3.05) is 6.61 Å². The van der Waals surface area contributed by atoms with Gasteiger partial charge in [0.25, 0.3) is 0 Å². The monoisotopic (exact) mass is 215 g/mol. The van der Waals surface area contributed by atoms with Crippen molar-refractivity contribution in [1.82, 2.24) is 4.98 Å². The fraction of sp³-hybridized carbons (Fsp3) is 0.154. The first-order valence-electron chi connectivity index (χ1n) is 5.22. The molecule has 1 heterocycles. The lowest BCUT2D eigenvalue weighted by atomic mass is 10.1. The highest BCUT2D eigenvalue weighted by molar-refractivity contribution is 5.93. The number of carbonyl (C=O) groups excluding carboxylic acids is 1. The number of fused-ring (bicyclic) bond motifs is 1. The molecule has 0 saturated heterocycles. The molecular formula is C13H13NO2. The van der Waals surface area contributed by atoms with Crippen LogP contribution in [0.3, 0.4) is 0 Å². The molecule has 0 fully saturated rings. The van der Waals surface area contributed by atoms with Crippen LogP contribution in [-0.4, -0.2) is 17.6 Å². The van der Waals surface area contributed by atoms with Gasteiger partial charge in [-0.25, -0.2) is 4.79 Å². The summed E-state index contributed by atoms with van der Waals surface area (Å²) in [7, 11) is 0. The van der Waals surface area contributed by atoms with Gasteiger partial charge in [0, 0.05) is 28.7 Å². The number of rotatable bonds is 3. The number of esters is 1. The average molecular weight is 215 g/mol. The lowest BCUT2D eigenvalue weighted by molar-refractivity contribution is -0.137. The third-order valence-electron chi connectivity index (χ3n) is 2.31. The van der Waals surface area contributed by atoms with E-state index in [9.17, 15) is 4.79 Å². The largest absolute Gasteiger partial charge is 0.463 e. The van der Waals surface area contributed by atoms with Crippen LogP contribution in [0.25, 0.3) is 17.0 Å². The van der Waals surface area contributed by atoms with Gasteiger partial charge in [0.1, 0.15) is 0 Å². The molecule has 0 saturated carbocycles. The van der Waals surface area contributed by atoms with E-state index in [2.05, 4.69) is 4.98 Å². The lowest BCUT2D eigenvalue weighted by Crippen LogP contribution is -1.98. The number of H-pyrrole nitrogens is 1. The molecule has 16 heavy (non-hydrogen) atoms. The number of ether oxygens (including phenoxy) is 1. The van der Waals surface area contributed by atoms with Crippen molar-refractivity contribution in [3.8, 4) is 0 Å². The zero-order chi connectivity index (χ0) is 11.4. The van der Waals surface area contributed by atoms with Crippen LogP contribution in [0.4, 0.5) is 0 Å². The third kappa shape index (κ3) is 2.14. The Morgan fingerprint density at radius 3 is 3.06 bits per heavy atom. The normalized spacial score (nSPS) is 11.1. The summed E-state index contributed by atoms with van der Waals surface area (Å²) in [6.07, 6.45) is 5.08. The van der Waals surface area contributed by atoms with Gasteiger partial charge >= 0.3 is 5.97 Å². The summed E-state index contributed by atoms with van der Waals surface area (Å²) in [6.45, 7) is 2.19. The molecule has 3 nitrogen and oxygen atoms in total. The minimum absolute atomic E-state index is 0.312. The van der Waals surface area contributed by atoms with E-state index in [1.54, 1.807) is 13.0 Å². The van der Waals surface area contributed by atoms with Crippen LogP contribution in [0.2, 0.25) is 0 Å². The van der Waals surface area contributed by atoms with Gasteiger partial charge in [-0.3, -0.25) is 0 Å². The molecule has 0 unspecified atom stereocenters. The lowest BCUT2D eigenvalue weighted by Gasteiger charge is -1.94. The fourth-order valence-corrected chi connectivity index (χ4v) is 1.58. The highest BCUT2D eigenvalue weighted by atomic mass is 16.5. The minimum atomic E-state index is -0.312. The number of benzene rings is 1. The Labute approximate surface area is 93.7 Å². The van der Waals surface area contributed by atoms with Crippen LogP contribution < -0.4 is 0 Å². The summed E-state index contributed by atoms with van der Waals surface area (Å²) in [4.78, 5) is 14.3. The van der Waals surface area contributed by atoms with E-state index in [4.69, 9.17) is 4.74 Å². The molecule has 0 aliphatic heterocycles. The number of hydrogen-bond acceptors (Lipinski definition) is 2. The van der Waals surface area contributed by atoms with E-state index < -0.39 is 0 Å². The Kier molecular flexibility index (Phi) is 3.05. The molecule has 1 N–H and O–H groups in total. The summed E-state index contributed by atoms with van der Waals surface area (Å²) in [6, 6.07) is 7.95. The van der Waals surface area contributed by atoms with Crippen molar-refractivity contribution < 1.29 is 9.53 Å². The number of aromatic amines is 1. The number of aromatic nitrogens is 1. The maximum atomic E-state index is 11.2. The SMILES string of the molecule is CCOC(=O)C=Cc1c[nH]c2ccccc12. The molecule has 0 spiro atoms. The smallest absolute Gasteiger partial charge is 0.330 e. The van der Waals surface area contributed by atoms with Crippen molar-refractivity contribution in [3.63, 3.8) is 0 Å². The van der Waals surface area contributed by atoms with Gasteiger partial charge in [-0.15, -0.1) is 0 Å². The van der Waals surface area contributed by atoms with Crippen molar-refractivity contribution >= 4 is 22.9 Å². The Bertz CT molecular complexity index is 525. The van der Waals surface area contributed by atoms with Gasteiger partial charge in [0.2, 0.25) is 0 Å². The Hall–Kier alpha value is -2.03. The van der Waals surface area contributed by atoms with Gasteiger partial charge in [-0.1, -0.05) is 18.2 Å². The van der Waals surface area contributed by atoms with E-state index >= 15 is 0 Å². The Morgan fingerprint density at radius 2 is 2.25 bits per heavy atom. The van der Waals surface area contributed by atoms with Gasteiger partial charge in [-0.05, 0) is 19.1 Å². The topological polar surface area (TPSA) is 42.1 Å². The van der Waals surface area contributed by atoms with Gasteiger partial charge < -0.3 is 9.72 Å². The van der Waals surface area contributed by atoms with E-state index in [-0.39, 0.29) is 5.97 Å². The maximum absolute atomic E-state index is 11.2.